The van der Waals surface area contributed by atoms with Gasteiger partial charge in [0, 0.05) is 37.9 Å². The Morgan fingerprint density at radius 2 is 2.17 bits per heavy atom. The van der Waals surface area contributed by atoms with Crippen molar-refractivity contribution in [1.29, 1.82) is 0 Å². The highest BCUT2D eigenvalue weighted by molar-refractivity contribution is 5.91. The van der Waals surface area contributed by atoms with Gasteiger partial charge in [-0.15, -0.1) is 0 Å². The van der Waals surface area contributed by atoms with Crippen LogP contribution in [0.3, 0.4) is 0 Å². The summed E-state index contributed by atoms with van der Waals surface area (Å²) in [5, 5.41) is 3.07. The first-order valence-electron chi connectivity index (χ1n) is 8.36. The molecule has 5 heteroatoms. The van der Waals surface area contributed by atoms with E-state index in [-0.39, 0.29) is 11.9 Å². The molecule has 2 aromatic rings. The zero-order valence-corrected chi connectivity index (χ0v) is 13.9. The van der Waals surface area contributed by atoms with Crippen LogP contribution in [-0.2, 0) is 11.3 Å². The van der Waals surface area contributed by atoms with E-state index in [1.165, 1.54) is 0 Å². The second kappa shape index (κ2) is 7.93. The molecule has 24 heavy (non-hydrogen) atoms. The highest BCUT2D eigenvalue weighted by Crippen LogP contribution is 2.13. The number of hydrogen-bond acceptors (Lipinski definition) is 4. The molecule has 0 atom stereocenters. The summed E-state index contributed by atoms with van der Waals surface area (Å²) >= 11 is 0. The third-order valence-electron chi connectivity index (χ3n) is 4.21. The zero-order chi connectivity index (χ0) is 16.8. The molecule has 1 fully saturated rings. The van der Waals surface area contributed by atoms with Gasteiger partial charge in [-0.25, -0.2) is 0 Å². The van der Waals surface area contributed by atoms with E-state index in [1.807, 2.05) is 37.4 Å². The fraction of sp³-hybridized carbons (Fsp3) is 0.368. The van der Waals surface area contributed by atoms with Gasteiger partial charge in [0.2, 0.25) is 5.91 Å². The van der Waals surface area contributed by atoms with Crippen molar-refractivity contribution in [2.24, 2.45) is 0 Å². The number of furan rings is 1. The first-order chi connectivity index (χ1) is 11.7. The topological polar surface area (TPSA) is 58.4 Å². The summed E-state index contributed by atoms with van der Waals surface area (Å²) in [6, 6.07) is 9.98. The number of carbonyl (C=O) groups is 1. The van der Waals surface area contributed by atoms with E-state index >= 15 is 0 Å². The van der Waals surface area contributed by atoms with Crippen molar-refractivity contribution in [1.82, 2.24) is 15.2 Å². The van der Waals surface area contributed by atoms with Crippen LogP contribution in [0.25, 0.3) is 6.08 Å². The van der Waals surface area contributed by atoms with E-state index < -0.39 is 0 Å². The van der Waals surface area contributed by atoms with E-state index in [0.29, 0.717) is 5.76 Å². The molecule has 1 saturated heterocycles. The number of pyridine rings is 1. The lowest BCUT2D eigenvalue weighted by molar-refractivity contribution is -0.117. The van der Waals surface area contributed by atoms with Gasteiger partial charge < -0.3 is 9.73 Å². The Bertz CT molecular complexity index is 686. The Morgan fingerprint density at radius 1 is 1.33 bits per heavy atom. The van der Waals surface area contributed by atoms with Crippen LogP contribution in [0.1, 0.15) is 30.1 Å². The Labute approximate surface area is 142 Å². The first-order valence-corrected chi connectivity index (χ1v) is 8.36. The molecule has 0 unspecified atom stereocenters. The maximum atomic E-state index is 12.0. The maximum Gasteiger partial charge on any atom is 0.244 e. The van der Waals surface area contributed by atoms with Gasteiger partial charge in [0.15, 0.2) is 0 Å². The molecule has 5 nitrogen and oxygen atoms in total. The number of nitrogens with zero attached hydrogens (tertiary/aromatic N) is 2. The first kappa shape index (κ1) is 16.5. The number of piperidine rings is 1. The molecule has 1 N–H and O–H groups in total. The molecule has 1 aliphatic heterocycles. The van der Waals surface area contributed by atoms with Crippen LogP contribution < -0.4 is 5.32 Å². The minimum absolute atomic E-state index is 0.0628. The molecular weight excluding hydrogens is 302 g/mol. The molecule has 1 aliphatic rings. The summed E-state index contributed by atoms with van der Waals surface area (Å²) in [4.78, 5) is 18.7. The Kier molecular flexibility index (Phi) is 5.43. The SMILES string of the molecule is Cc1ccc(C=CC(=O)NC2CCN(Cc3ccccn3)CC2)o1. The van der Waals surface area contributed by atoms with Crippen LogP contribution in [0.5, 0.6) is 0 Å². The van der Waals surface area contributed by atoms with E-state index in [4.69, 9.17) is 4.42 Å². The number of rotatable bonds is 5. The third kappa shape index (κ3) is 4.80. The number of nitrogens with one attached hydrogen (secondary N) is 1. The van der Waals surface area contributed by atoms with Gasteiger partial charge in [-0.3, -0.25) is 14.7 Å². The molecule has 0 bridgehead atoms. The van der Waals surface area contributed by atoms with Gasteiger partial charge in [0.25, 0.3) is 0 Å². The number of carbonyl (C=O) groups excluding carboxylic acids is 1. The van der Waals surface area contributed by atoms with Crippen LogP contribution in [0, 0.1) is 6.92 Å². The predicted octanol–water partition coefficient (Wildman–Crippen LogP) is 2.78. The van der Waals surface area contributed by atoms with E-state index in [2.05, 4.69) is 21.3 Å². The minimum Gasteiger partial charge on any atom is -0.462 e. The summed E-state index contributed by atoms with van der Waals surface area (Å²) in [6.45, 7) is 4.71. The van der Waals surface area contributed by atoms with Crippen LogP contribution in [0.15, 0.2) is 47.0 Å². The second-order valence-electron chi connectivity index (χ2n) is 6.16. The number of likely N-dealkylation sites (tertiary alicyclic amines) is 1. The highest BCUT2D eigenvalue weighted by atomic mass is 16.3. The fourth-order valence-electron chi connectivity index (χ4n) is 2.91. The van der Waals surface area contributed by atoms with Crippen molar-refractivity contribution in [3.8, 4) is 0 Å². The van der Waals surface area contributed by atoms with Crippen molar-refractivity contribution in [3.63, 3.8) is 0 Å². The minimum atomic E-state index is -0.0628. The second-order valence-corrected chi connectivity index (χ2v) is 6.16. The van der Waals surface area contributed by atoms with Crippen molar-refractivity contribution >= 4 is 12.0 Å². The van der Waals surface area contributed by atoms with Crippen LogP contribution in [0.2, 0.25) is 0 Å². The lowest BCUT2D eigenvalue weighted by Gasteiger charge is -2.31. The average molecular weight is 325 g/mol. The van der Waals surface area contributed by atoms with E-state index in [0.717, 1.165) is 43.9 Å². The van der Waals surface area contributed by atoms with Gasteiger partial charge >= 0.3 is 0 Å². The Hall–Kier alpha value is -2.40. The van der Waals surface area contributed by atoms with E-state index in [9.17, 15) is 4.79 Å². The normalized spacial score (nSPS) is 16.5. The van der Waals surface area contributed by atoms with Gasteiger partial charge in [0.1, 0.15) is 11.5 Å². The third-order valence-corrected chi connectivity index (χ3v) is 4.21. The quantitative estimate of drug-likeness (QED) is 0.859. The number of aryl methyl sites for hydroxylation is 1. The molecule has 3 heterocycles. The molecule has 3 rings (SSSR count). The molecule has 2 aromatic heterocycles. The number of aromatic nitrogens is 1. The van der Waals surface area contributed by atoms with Crippen molar-refractivity contribution < 1.29 is 9.21 Å². The van der Waals surface area contributed by atoms with Gasteiger partial charge in [-0.05, 0) is 50.1 Å². The van der Waals surface area contributed by atoms with Crippen molar-refractivity contribution in [2.45, 2.75) is 32.4 Å². The Balaban J connectivity index is 1.42. The van der Waals surface area contributed by atoms with Crippen LogP contribution >= 0.6 is 0 Å². The summed E-state index contributed by atoms with van der Waals surface area (Å²) in [6.07, 6.45) is 7.00. The molecular formula is C19H23N3O2. The van der Waals surface area contributed by atoms with Crippen LogP contribution in [-0.4, -0.2) is 34.9 Å². The van der Waals surface area contributed by atoms with Crippen molar-refractivity contribution in [3.05, 3.63) is 59.8 Å². The number of amides is 1. The zero-order valence-electron chi connectivity index (χ0n) is 13.9. The maximum absolute atomic E-state index is 12.0. The lowest BCUT2D eigenvalue weighted by Crippen LogP contribution is -2.43. The smallest absolute Gasteiger partial charge is 0.244 e. The molecule has 0 spiro atoms. The average Bonchev–Trinajstić information content (AvgIpc) is 3.01. The van der Waals surface area contributed by atoms with E-state index in [1.54, 1.807) is 12.2 Å². The summed E-state index contributed by atoms with van der Waals surface area (Å²) in [7, 11) is 0. The largest absolute Gasteiger partial charge is 0.462 e. The molecule has 1 amide bonds. The molecule has 0 aromatic carbocycles. The molecule has 0 aliphatic carbocycles. The fourth-order valence-corrected chi connectivity index (χ4v) is 2.91. The monoisotopic (exact) mass is 325 g/mol. The van der Waals surface area contributed by atoms with Gasteiger partial charge in [0.05, 0.1) is 5.69 Å². The summed E-state index contributed by atoms with van der Waals surface area (Å²) in [5.41, 5.74) is 1.09. The highest BCUT2D eigenvalue weighted by Gasteiger charge is 2.20. The molecule has 0 radical (unpaired) electrons. The van der Waals surface area contributed by atoms with Gasteiger partial charge in [-0.2, -0.15) is 0 Å². The lowest BCUT2D eigenvalue weighted by atomic mass is 10.0. The predicted molar refractivity (Wildman–Crippen MR) is 93.2 cm³/mol. The molecule has 0 saturated carbocycles. The number of hydrogen-bond donors (Lipinski definition) is 1. The summed E-state index contributed by atoms with van der Waals surface area (Å²) < 4.78 is 5.42. The van der Waals surface area contributed by atoms with Crippen molar-refractivity contribution in [2.75, 3.05) is 13.1 Å². The molecule has 126 valence electrons. The summed E-state index contributed by atoms with van der Waals surface area (Å²) in [5.74, 6) is 1.48. The standard InChI is InChI=1S/C19H23N3O2/c1-15-5-6-18(24-15)7-8-19(23)21-16-9-12-22(13-10-16)14-17-4-2-3-11-20-17/h2-8,11,16H,9-10,12-14H2,1H3,(H,21,23). The van der Waals surface area contributed by atoms with Gasteiger partial charge in [-0.1, -0.05) is 6.07 Å². The Morgan fingerprint density at radius 3 is 2.83 bits per heavy atom. The van der Waals surface area contributed by atoms with Crippen LogP contribution in [0.4, 0.5) is 0 Å².